The molecule has 4 aromatic rings. The highest BCUT2D eigenvalue weighted by Crippen LogP contribution is 2.45. The second-order valence-electron chi connectivity index (χ2n) is 11.5. The van der Waals surface area contributed by atoms with Gasteiger partial charge in [-0.2, -0.15) is 15.6 Å². The van der Waals surface area contributed by atoms with Gasteiger partial charge in [-0.3, -0.25) is 14.5 Å². The Morgan fingerprint density at radius 3 is 2.62 bits per heavy atom. The minimum absolute atomic E-state index is 0.278. The maximum Gasteiger partial charge on any atom is 0.141 e. The molecule has 1 saturated heterocycles. The lowest BCUT2D eigenvalue weighted by molar-refractivity contribution is -0.0191. The highest BCUT2D eigenvalue weighted by Gasteiger charge is 2.49. The van der Waals surface area contributed by atoms with Crippen LogP contribution in [0.2, 0.25) is 0 Å². The molecule has 10 nitrogen and oxygen atoms in total. The number of benzene rings is 1. The van der Waals surface area contributed by atoms with Gasteiger partial charge in [0.25, 0.3) is 0 Å². The predicted octanol–water partition coefficient (Wildman–Crippen LogP) is 3.34. The molecule has 1 aromatic carbocycles. The summed E-state index contributed by atoms with van der Waals surface area (Å²) < 4.78 is 2.01. The summed E-state index contributed by atoms with van der Waals surface area (Å²) in [4.78, 5) is 19.1. The Morgan fingerprint density at radius 2 is 1.88 bits per heavy atom. The number of hydrogen-bond acceptors (Lipinski definition) is 8. The molecule has 0 bridgehead atoms. The molecule has 0 radical (unpaired) electrons. The van der Waals surface area contributed by atoms with E-state index in [-0.39, 0.29) is 5.54 Å². The minimum Gasteiger partial charge on any atom is -0.346 e. The second kappa shape index (κ2) is 10.8. The zero-order valence-electron chi connectivity index (χ0n) is 23.1. The van der Waals surface area contributed by atoms with Crippen molar-refractivity contribution in [3.05, 3.63) is 65.9 Å². The predicted molar refractivity (Wildman–Crippen MR) is 152 cm³/mol. The number of H-pyrrole nitrogens is 1. The van der Waals surface area contributed by atoms with Crippen molar-refractivity contribution in [2.45, 2.75) is 43.9 Å². The van der Waals surface area contributed by atoms with Gasteiger partial charge in [-0.05, 0) is 56.3 Å². The van der Waals surface area contributed by atoms with Crippen LogP contribution in [0.15, 0.2) is 49.2 Å². The highest BCUT2D eigenvalue weighted by molar-refractivity contribution is 5.90. The molecule has 2 aliphatic rings. The lowest BCUT2D eigenvalue weighted by atomic mass is 9.70. The van der Waals surface area contributed by atoms with Gasteiger partial charge in [0.1, 0.15) is 12.0 Å². The average Bonchev–Trinajstić information content (AvgIpc) is 3.61. The molecule has 0 atom stereocenters. The molecule has 1 aliphatic heterocycles. The third-order valence-corrected chi connectivity index (χ3v) is 8.35. The van der Waals surface area contributed by atoms with E-state index in [1.807, 2.05) is 55.6 Å². The zero-order chi connectivity index (χ0) is 27.7. The van der Waals surface area contributed by atoms with Gasteiger partial charge in [0.2, 0.25) is 0 Å². The molecular formula is C30H34N10. The Balaban J connectivity index is 1.09. The van der Waals surface area contributed by atoms with Crippen molar-refractivity contribution in [1.82, 2.24) is 39.4 Å². The van der Waals surface area contributed by atoms with Crippen LogP contribution >= 0.6 is 0 Å². The smallest absolute Gasteiger partial charge is 0.141 e. The van der Waals surface area contributed by atoms with Crippen molar-refractivity contribution in [3.8, 4) is 23.4 Å². The van der Waals surface area contributed by atoms with Gasteiger partial charge in [0.05, 0.1) is 41.6 Å². The number of nitrogens with one attached hydrogen (secondary N) is 1. The van der Waals surface area contributed by atoms with Crippen molar-refractivity contribution in [1.29, 1.82) is 10.5 Å². The first kappa shape index (κ1) is 26.1. The van der Waals surface area contributed by atoms with E-state index < -0.39 is 0 Å². The molecule has 3 aromatic heterocycles. The van der Waals surface area contributed by atoms with Crippen molar-refractivity contribution in [2.75, 3.05) is 40.3 Å². The van der Waals surface area contributed by atoms with E-state index in [4.69, 9.17) is 5.10 Å². The Bertz CT molecular complexity index is 1570. The number of rotatable bonds is 8. The van der Waals surface area contributed by atoms with E-state index in [1.165, 1.54) is 11.1 Å². The molecule has 0 unspecified atom stereocenters. The van der Waals surface area contributed by atoms with Crippen LogP contribution in [0.4, 0.5) is 0 Å². The van der Waals surface area contributed by atoms with Crippen LogP contribution in [0.25, 0.3) is 22.3 Å². The van der Waals surface area contributed by atoms with Gasteiger partial charge < -0.3 is 9.88 Å². The molecule has 204 valence electrons. The van der Waals surface area contributed by atoms with Gasteiger partial charge in [0, 0.05) is 68.7 Å². The van der Waals surface area contributed by atoms with Crippen LogP contribution in [0.5, 0.6) is 0 Å². The van der Waals surface area contributed by atoms with Gasteiger partial charge in [-0.25, -0.2) is 9.97 Å². The highest BCUT2D eigenvalue weighted by atomic mass is 15.4. The first-order valence-electron chi connectivity index (χ1n) is 13.8. The number of hydrogen-bond donors (Lipinski definition) is 1. The van der Waals surface area contributed by atoms with Gasteiger partial charge in [0.15, 0.2) is 0 Å². The summed E-state index contributed by atoms with van der Waals surface area (Å²) >= 11 is 0. The minimum atomic E-state index is -0.278. The van der Waals surface area contributed by atoms with Gasteiger partial charge >= 0.3 is 0 Å². The molecular weight excluding hydrogens is 500 g/mol. The fourth-order valence-electron chi connectivity index (χ4n) is 6.36. The van der Waals surface area contributed by atoms with Crippen LogP contribution in [0.3, 0.4) is 0 Å². The Morgan fingerprint density at radius 1 is 1.07 bits per heavy atom. The summed E-state index contributed by atoms with van der Waals surface area (Å²) in [6.45, 7) is 5.69. The molecule has 40 heavy (non-hydrogen) atoms. The Kier molecular flexibility index (Phi) is 7.07. The summed E-state index contributed by atoms with van der Waals surface area (Å²) in [5, 5.41) is 24.9. The molecule has 6 rings (SSSR count). The lowest BCUT2D eigenvalue weighted by Crippen LogP contribution is -2.60. The maximum absolute atomic E-state index is 9.68. The van der Waals surface area contributed by atoms with E-state index in [2.05, 4.69) is 47.9 Å². The SMILES string of the molecule is CN(C)Cc1cc(C#N)cc(CN2CCN([C@H]3C[C@](CC#N)(n4cc(-c5ncnc6[nH]ccc56)cn4)C3)CC2)c1. The van der Waals surface area contributed by atoms with Crippen LogP contribution in [-0.2, 0) is 18.6 Å². The summed E-state index contributed by atoms with van der Waals surface area (Å²) in [5.74, 6) is 0. The molecule has 0 amide bonds. The molecule has 10 heteroatoms. The number of piperazine rings is 1. The lowest BCUT2D eigenvalue weighted by Gasteiger charge is -2.52. The second-order valence-corrected chi connectivity index (χ2v) is 11.5. The summed E-state index contributed by atoms with van der Waals surface area (Å²) in [7, 11) is 4.10. The van der Waals surface area contributed by atoms with Crippen LogP contribution < -0.4 is 0 Å². The van der Waals surface area contributed by atoms with Crippen molar-refractivity contribution >= 4 is 11.0 Å². The number of fused-ring (bicyclic) bond motifs is 1. The normalized spacial score (nSPS) is 21.8. The molecule has 1 N–H and O–H groups in total. The third kappa shape index (κ3) is 5.09. The van der Waals surface area contributed by atoms with Crippen LogP contribution in [0, 0.1) is 22.7 Å². The number of aromatic amines is 1. The fraction of sp³-hybridized carbons (Fsp3) is 0.433. The first-order chi connectivity index (χ1) is 19.5. The summed E-state index contributed by atoms with van der Waals surface area (Å²) in [6.07, 6.45) is 9.61. The van der Waals surface area contributed by atoms with Crippen LogP contribution in [-0.4, -0.2) is 85.7 Å². The fourth-order valence-corrected chi connectivity index (χ4v) is 6.36. The van der Waals surface area contributed by atoms with Crippen LogP contribution in [0.1, 0.15) is 36.0 Å². The summed E-state index contributed by atoms with van der Waals surface area (Å²) in [5.41, 5.74) is 5.44. The average molecular weight is 535 g/mol. The molecule has 0 spiro atoms. The summed E-state index contributed by atoms with van der Waals surface area (Å²) in [6, 6.07) is 13.4. The van der Waals surface area contributed by atoms with E-state index in [0.29, 0.717) is 12.5 Å². The largest absolute Gasteiger partial charge is 0.346 e. The molecule has 2 fully saturated rings. The molecule has 4 heterocycles. The monoisotopic (exact) mass is 534 g/mol. The molecule has 1 aliphatic carbocycles. The van der Waals surface area contributed by atoms with Crippen molar-refractivity contribution < 1.29 is 0 Å². The Hall–Kier alpha value is -4.09. The number of nitriles is 2. The maximum atomic E-state index is 9.68. The third-order valence-electron chi connectivity index (χ3n) is 8.35. The van der Waals surface area contributed by atoms with Crippen molar-refractivity contribution in [2.24, 2.45) is 0 Å². The standard InChI is InChI=1S/C30H34N10/c1-37(2)18-23-11-22(16-32)12-24(13-23)19-38-7-9-39(10-8-38)26-14-30(15-26,4-5-31)40-20-25(17-36-40)28-27-3-6-33-29(27)35-21-34-28/h3,6,11-13,17,20-21,26H,4,7-10,14-15,18-19H2,1-2H3,(H,33,34,35)/t26-,30-. The quantitative estimate of drug-likeness (QED) is 0.366. The zero-order valence-corrected chi connectivity index (χ0v) is 23.1. The van der Waals surface area contributed by atoms with E-state index in [1.54, 1.807) is 6.33 Å². The molecule has 1 saturated carbocycles. The van der Waals surface area contributed by atoms with Gasteiger partial charge in [-0.15, -0.1) is 0 Å². The van der Waals surface area contributed by atoms with E-state index >= 15 is 0 Å². The number of aromatic nitrogens is 5. The van der Waals surface area contributed by atoms with Gasteiger partial charge in [-0.1, -0.05) is 6.07 Å². The number of nitrogens with zero attached hydrogens (tertiary/aromatic N) is 9. The van der Waals surface area contributed by atoms with E-state index in [9.17, 15) is 10.5 Å². The van der Waals surface area contributed by atoms with Crippen molar-refractivity contribution in [3.63, 3.8) is 0 Å². The Labute approximate surface area is 234 Å². The first-order valence-corrected chi connectivity index (χ1v) is 13.8. The van der Waals surface area contributed by atoms with E-state index in [0.717, 1.165) is 80.0 Å². The topological polar surface area (TPSA) is 117 Å².